The normalized spacial score (nSPS) is 13.9. The number of sulfone groups is 1. The lowest BCUT2D eigenvalue weighted by molar-refractivity contribution is 0.200. The summed E-state index contributed by atoms with van der Waals surface area (Å²) in [5, 5.41) is 8.40. The van der Waals surface area contributed by atoms with E-state index in [4.69, 9.17) is 10.1 Å². The molecule has 4 aromatic carbocycles. The number of likely N-dealkylation sites (tertiary alicyclic amines) is 1. The summed E-state index contributed by atoms with van der Waals surface area (Å²) in [6.07, 6.45) is 4.13. The third-order valence-electron chi connectivity index (χ3n) is 8.68. The van der Waals surface area contributed by atoms with Crippen molar-refractivity contribution < 1.29 is 17.6 Å². The Morgan fingerprint density at radius 2 is 1.30 bits per heavy atom. The lowest BCUT2D eigenvalue weighted by Crippen LogP contribution is -2.40. The van der Waals surface area contributed by atoms with Gasteiger partial charge in [0, 0.05) is 19.3 Å². The van der Waals surface area contributed by atoms with E-state index in [-0.39, 0.29) is 21.6 Å². The fourth-order valence-corrected chi connectivity index (χ4v) is 7.67. The number of carbonyl (C=O) groups is 1. The summed E-state index contributed by atoms with van der Waals surface area (Å²) in [5.74, 6) is -0.493. The summed E-state index contributed by atoms with van der Waals surface area (Å²) in [5.41, 5.74) is 1.93. The highest BCUT2D eigenvalue weighted by atomic mass is 32.2. The van der Waals surface area contributed by atoms with E-state index in [9.17, 15) is 17.6 Å². The van der Waals surface area contributed by atoms with Crippen molar-refractivity contribution in [3.63, 3.8) is 0 Å². The van der Waals surface area contributed by atoms with E-state index < -0.39 is 21.2 Å². The smallest absolute Gasteiger partial charge is 0.323 e. The quantitative estimate of drug-likeness (QED) is 0.184. The van der Waals surface area contributed by atoms with Crippen LogP contribution in [-0.4, -0.2) is 47.2 Å². The van der Waals surface area contributed by atoms with Gasteiger partial charge in [0.1, 0.15) is 11.4 Å². The molecule has 8 nitrogen and oxygen atoms in total. The average Bonchev–Trinajstić information content (AvgIpc) is 3.48. The van der Waals surface area contributed by atoms with Crippen LogP contribution >= 0.6 is 0 Å². The SMILES string of the molecule is O=C(Nc1nn(C(c2ccccc2)(c2ccccc2)c2ccccc2)c2ncc(S(=O)(=O)c3cccc(F)c3)cc12)N1CCCCC1. The number of halogens is 1. The van der Waals surface area contributed by atoms with Crippen LogP contribution in [-0.2, 0) is 15.4 Å². The Morgan fingerprint density at radius 3 is 1.85 bits per heavy atom. The number of nitrogens with zero attached hydrogens (tertiary/aromatic N) is 4. The fraction of sp³-hybridized carbons (Fsp3) is 0.162. The molecule has 0 atom stereocenters. The minimum atomic E-state index is -4.16. The molecule has 6 aromatic rings. The second-order valence-electron chi connectivity index (χ2n) is 11.5. The maximum atomic E-state index is 14.1. The molecule has 0 saturated carbocycles. The van der Waals surface area contributed by atoms with Gasteiger partial charge in [-0.05, 0) is 60.2 Å². The van der Waals surface area contributed by atoms with Crippen LogP contribution < -0.4 is 5.32 Å². The van der Waals surface area contributed by atoms with Gasteiger partial charge in [-0.3, -0.25) is 5.32 Å². The van der Waals surface area contributed by atoms with E-state index >= 15 is 0 Å². The Bertz CT molecular complexity index is 2050. The molecule has 2 aromatic heterocycles. The number of amides is 2. The lowest BCUT2D eigenvalue weighted by Gasteiger charge is -2.36. The summed E-state index contributed by atoms with van der Waals surface area (Å²) < 4.78 is 43.4. The number of urea groups is 1. The summed E-state index contributed by atoms with van der Waals surface area (Å²) in [6, 6.07) is 35.7. The number of hydrogen-bond donors (Lipinski definition) is 1. The van der Waals surface area contributed by atoms with Crippen molar-refractivity contribution in [3.05, 3.63) is 150 Å². The molecule has 236 valence electrons. The van der Waals surface area contributed by atoms with Crippen molar-refractivity contribution in [2.24, 2.45) is 0 Å². The number of pyridine rings is 1. The Labute approximate surface area is 272 Å². The van der Waals surface area contributed by atoms with Crippen LogP contribution in [0.15, 0.2) is 137 Å². The first-order chi connectivity index (χ1) is 22.9. The van der Waals surface area contributed by atoms with Gasteiger partial charge in [-0.25, -0.2) is 27.3 Å². The first kappa shape index (κ1) is 30.3. The van der Waals surface area contributed by atoms with Gasteiger partial charge in [-0.15, -0.1) is 0 Å². The average molecular weight is 646 g/mol. The first-order valence-corrected chi connectivity index (χ1v) is 17.0. The van der Waals surface area contributed by atoms with Crippen molar-refractivity contribution in [1.29, 1.82) is 0 Å². The topological polar surface area (TPSA) is 97.2 Å². The maximum absolute atomic E-state index is 14.1. The maximum Gasteiger partial charge on any atom is 0.323 e. The Kier molecular flexibility index (Phi) is 8.03. The summed E-state index contributed by atoms with van der Waals surface area (Å²) in [7, 11) is -4.16. The molecular formula is C37H32FN5O3S. The molecule has 2 amide bonds. The number of fused-ring (bicyclic) bond motifs is 1. The lowest BCUT2D eigenvalue weighted by atomic mass is 9.77. The monoisotopic (exact) mass is 645 g/mol. The van der Waals surface area contributed by atoms with Gasteiger partial charge in [0.15, 0.2) is 11.5 Å². The minimum Gasteiger partial charge on any atom is -0.324 e. The van der Waals surface area contributed by atoms with Crippen LogP contribution in [0.2, 0.25) is 0 Å². The van der Waals surface area contributed by atoms with E-state index in [0.717, 1.165) is 42.0 Å². The van der Waals surface area contributed by atoms with Crippen LogP contribution in [0.3, 0.4) is 0 Å². The van der Waals surface area contributed by atoms with Crippen LogP contribution in [0.5, 0.6) is 0 Å². The molecule has 0 unspecified atom stereocenters. The highest BCUT2D eigenvalue weighted by molar-refractivity contribution is 7.91. The molecule has 1 fully saturated rings. The standard InChI is InChI=1S/C37H32FN5O3S/c38-30-20-13-21-31(24-30)47(45,46)32-25-33-34(40-36(44)42-22-11-4-12-23-42)41-43(35(33)39-26-32)37(27-14-5-1-6-15-27,28-16-7-2-8-17-28)29-18-9-3-10-19-29/h1-3,5-10,13-21,24-26H,4,11-12,22-23H2,(H,40,41,44). The van der Waals surface area contributed by atoms with E-state index in [0.29, 0.717) is 24.1 Å². The largest absolute Gasteiger partial charge is 0.324 e. The molecular weight excluding hydrogens is 614 g/mol. The predicted octanol–water partition coefficient (Wildman–Crippen LogP) is 7.26. The number of benzene rings is 4. The third-order valence-corrected chi connectivity index (χ3v) is 10.4. The highest BCUT2D eigenvalue weighted by Crippen LogP contribution is 2.43. The van der Waals surface area contributed by atoms with Gasteiger partial charge in [0.25, 0.3) is 0 Å². The zero-order valence-corrected chi connectivity index (χ0v) is 26.3. The van der Waals surface area contributed by atoms with Crippen molar-refractivity contribution in [3.8, 4) is 0 Å². The van der Waals surface area contributed by atoms with Crippen molar-refractivity contribution in [1.82, 2.24) is 19.7 Å². The van der Waals surface area contributed by atoms with Gasteiger partial charge < -0.3 is 4.90 Å². The molecule has 3 heterocycles. The Hall–Kier alpha value is -5.35. The van der Waals surface area contributed by atoms with Crippen LogP contribution in [0.25, 0.3) is 11.0 Å². The Balaban J connectivity index is 1.52. The van der Waals surface area contributed by atoms with E-state index in [1.807, 2.05) is 91.0 Å². The predicted molar refractivity (Wildman–Crippen MR) is 178 cm³/mol. The second kappa shape index (κ2) is 12.4. The first-order valence-electron chi connectivity index (χ1n) is 15.5. The zero-order valence-electron chi connectivity index (χ0n) is 25.5. The number of nitrogens with one attached hydrogen (secondary N) is 1. The number of aromatic nitrogens is 3. The van der Waals surface area contributed by atoms with Gasteiger partial charge in [-0.2, -0.15) is 5.10 Å². The number of piperidine rings is 1. The van der Waals surface area contributed by atoms with Crippen LogP contribution in [0.4, 0.5) is 15.0 Å². The molecule has 47 heavy (non-hydrogen) atoms. The van der Waals surface area contributed by atoms with Gasteiger partial charge in [0.2, 0.25) is 9.84 Å². The van der Waals surface area contributed by atoms with Crippen LogP contribution in [0, 0.1) is 5.82 Å². The number of rotatable bonds is 7. The highest BCUT2D eigenvalue weighted by Gasteiger charge is 2.42. The molecule has 10 heteroatoms. The van der Waals surface area contributed by atoms with Gasteiger partial charge in [0.05, 0.1) is 15.2 Å². The molecule has 7 rings (SSSR count). The summed E-state index contributed by atoms with van der Waals surface area (Å²) >= 11 is 0. The number of carbonyl (C=O) groups excluding carboxylic acids is 1. The third kappa shape index (κ3) is 5.44. The molecule has 1 aliphatic rings. The number of anilines is 1. The van der Waals surface area contributed by atoms with Crippen molar-refractivity contribution >= 4 is 32.7 Å². The van der Waals surface area contributed by atoms with Crippen molar-refractivity contribution in [2.45, 2.75) is 34.6 Å². The van der Waals surface area contributed by atoms with E-state index in [1.165, 1.54) is 30.5 Å². The van der Waals surface area contributed by atoms with Gasteiger partial charge in [-0.1, -0.05) is 97.1 Å². The van der Waals surface area contributed by atoms with Crippen LogP contribution in [0.1, 0.15) is 36.0 Å². The molecule has 0 aliphatic carbocycles. The minimum absolute atomic E-state index is 0.145. The van der Waals surface area contributed by atoms with E-state index in [1.54, 1.807) is 9.58 Å². The molecule has 1 aliphatic heterocycles. The Morgan fingerprint density at radius 1 is 0.723 bits per heavy atom. The molecule has 1 N–H and O–H groups in total. The molecule has 1 saturated heterocycles. The van der Waals surface area contributed by atoms with E-state index in [2.05, 4.69) is 5.32 Å². The fourth-order valence-electron chi connectivity index (χ4n) is 6.41. The second-order valence-corrected chi connectivity index (χ2v) is 13.5. The zero-order chi connectivity index (χ0) is 32.4. The molecule has 0 spiro atoms. The number of hydrogen-bond acceptors (Lipinski definition) is 5. The summed E-state index contributed by atoms with van der Waals surface area (Å²) in [4.78, 5) is 19.7. The van der Waals surface area contributed by atoms with Gasteiger partial charge >= 0.3 is 6.03 Å². The summed E-state index contributed by atoms with van der Waals surface area (Å²) in [6.45, 7) is 1.23. The molecule has 0 bridgehead atoms. The molecule has 0 radical (unpaired) electrons. The van der Waals surface area contributed by atoms with Crippen molar-refractivity contribution in [2.75, 3.05) is 18.4 Å².